The molecule has 1 heterocycles. The van der Waals surface area contributed by atoms with Crippen molar-refractivity contribution >= 4 is 28.8 Å². The zero-order valence-corrected chi connectivity index (χ0v) is 20.9. The maximum absolute atomic E-state index is 14.6. The minimum Gasteiger partial charge on any atom is -0.595 e. The third-order valence-corrected chi connectivity index (χ3v) is 8.43. The molecule has 1 saturated heterocycles. The summed E-state index contributed by atoms with van der Waals surface area (Å²) >= 11 is 0. The second kappa shape index (κ2) is 8.45. The zero-order chi connectivity index (χ0) is 27.8. The lowest BCUT2D eigenvalue weighted by Crippen LogP contribution is -2.99. The van der Waals surface area contributed by atoms with Gasteiger partial charge in [-0.1, -0.05) is 91.0 Å². The number of hydrogen-bond donors (Lipinski definition) is 2. The minimum absolute atomic E-state index is 0.0231. The minimum atomic E-state index is -2.22. The van der Waals surface area contributed by atoms with Gasteiger partial charge < -0.3 is 9.94 Å². The first-order valence-corrected chi connectivity index (χ1v) is 12.8. The van der Waals surface area contributed by atoms with Crippen LogP contribution in [0.15, 0.2) is 103 Å². The Morgan fingerprint density at radius 3 is 1.52 bits per heavy atom. The van der Waals surface area contributed by atoms with Crippen LogP contribution in [-0.4, -0.2) is 33.9 Å². The molecule has 8 heteroatoms. The van der Waals surface area contributed by atoms with Gasteiger partial charge in [-0.05, 0) is 11.1 Å². The molecule has 0 bridgehead atoms. The Morgan fingerprint density at radius 1 is 0.600 bits per heavy atom. The standard InChI is InChI=1S/C32H21NO7/c34-26-21-10-4-5-11-22(21)27(35)31(26)25(18-14-16-20(17-15-18)33(38)39)32(40-30(31)19-8-2-1-3-9-19)28(36)23-12-6-7-13-24(23)29(32)37/h1-17,25,30,33,38H/t25-,30+/m1/s1. The number of ether oxygens (including phenoxy) is 1. The average Bonchev–Trinajstić information content (AvgIpc) is 3.52. The summed E-state index contributed by atoms with van der Waals surface area (Å²) in [5, 5.41) is 20.0. The predicted octanol–water partition coefficient (Wildman–Crippen LogP) is 3.83. The summed E-state index contributed by atoms with van der Waals surface area (Å²) in [5.74, 6) is -3.71. The monoisotopic (exact) mass is 531 g/mol. The third kappa shape index (κ3) is 2.88. The van der Waals surface area contributed by atoms with Crippen LogP contribution in [-0.2, 0) is 4.74 Å². The fourth-order valence-corrected chi connectivity index (χ4v) is 6.77. The summed E-state index contributed by atoms with van der Waals surface area (Å²) in [6, 6.07) is 27.0. The molecular weight excluding hydrogens is 510 g/mol. The molecular formula is C32H21NO7. The lowest BCUT2D eigenvalue weighted by atomic mass is 9.60. The summed E-state index contributed by atoms with van der Waals surface area (Å²) in [6.07, 6.45) is -1.27. The van der Waals surface area contributed by atoms with Gasteiger partial charge in [0.1, 0.15) is 11.5 Å². The van der Waals surface area contributed by atoms with Crippen molar-refractivity contribution in [3.05, 3.63) is 142 Å². The van der Waals surface area contributed by atoms with E-state index in [2.05, 4.69) is 0 Å². The van der Waals surface area contributed by atoms with Crippen molar-refractivity contribution in [1.82, 2.24) is 0 Å². The molecule has 0 aromatic heterocycles. The Kier molecular flexibility index (Phi) is 5.16. The average molecular weight is 532 g/mol. The van der Waals surface area contributed by atoms with Gasteiger partial charge in [-0.3, -0.25) is 19.2 Å². The van der Waals surface area contributed by atoms with Gasteiger partial charge >= 0.3 is 0 Å². The number of carbonyl (C=O) groups is 4. The van der Waals surface area contributed by atoms with Gasteiger partial charge in [-0.2, -0.15) is 5.23 Å². The number of Topliss-reactive ketones (excluding diaryl/α,β-unsaturated/α-hetero) is 4. The summed E-state index contributed by atoms with van der Waals surface area (Å²) < 4.78 is 6.60. The third-order valence-electron chi connectivity index (χ3n) is 8.43. The van der Waals surface area contributed by atoms with Crippen molar-refractivity contribution in [3.63, 3.8) is 0 Å². The number of quaternary nitrogens is 1. The molecule has 1 aliphatic heterocycles. The fourth-order valence-electron chi connectivity index (χ4n) is 6.77. The molecule has 1 unspecified atom stereocenters. The highest BCUT2D eigenvalue weighted by atomic mass is 16.8. The highest BCUT2D eigenvalue weighted by Crippen LogP contribution is 2.67. The van der Waals surface area contributed by atoms with Crippen molar-refractivity contribution in [3.8, 4) is 0 Å². The van der Waals surface area contributed by atoms with E-state index in [0.717, 1.165) is 0 Å². The van der Waals surface area contributed by atoms with Crippen LogP contribution >= 0.6 is 0 Å². The summed E-state index contributed by atoms with van der Waals surface area (Å²) in [4.78, 5) is 57.8. The maximum Gasteiger partial charge on any atom is 0.204 e. The molecule has 2 N–H and O–H groups in total. The number of ketones is 4. The molecule has 2 aliphatic carbocycles. The van der Waals surface area contributed by atoms with E-state index in [9.17, 15) is 29.6 Å². The first kappa shape index (κ1) is 24.4. The molecule has 0 saturated carbocycles. The molecule has 0 amide bonds. The van der Waals surface area contributed by atoms with Gasteiger partial charge in [0.25, 0.3) is 0 Å². The molecule has 0 radical (unpaired) electrons. The van der Waals surface area contributed by atoms with Gasteiger partial charge in [0.15, 0.2) is 17.3 Å². The number of hydrogen-bond acceptors (Lipinski definition) is 7. The van der Waals surface area contributed by atoms with Crippen LogP contribution < -0.4 is 5.23 Å². The second-order valence-corrected chi connectivity index (χ2v) is 10.3. The molecule has 3 aliphatic rings. The largest absolute Gasteiger partial charge is 0.595 e. The Morgan fingerprint density at radius 2 is 1.05 bits per heavy atom. The number of rotatable bonds is 3. The molecule has 40 heavy (non-hydrogen) atoms. The van der Waals surface area contributed by atoms with Crippen LogP contribution in [0, 0.1) is 10.6 Å². The van der Waals surface area contributed by atoms with E-state index >= 15 is 0 Å². The smallest absolute Gasteiger partial charge is 0.204 e. The first-order chi connectivity index (χ1) is 19.3. The predicted molar refractivity (Wildman–Crippen MR) is 141 cm³/mol. The molecule has 7 rings (SSSR count). The van der Waals surface area contributed by atoms with E-state index in [1.165, 1.54) is 36.4 Å². The van der Waals surface area contributed by atoms with Crippen LogP contribution in [0.5, 0.6) is 0 Å². The number of fused-ring (bicyclic) bond motifs is 2. The Hall–Kier alpha value is -4.60. The van der Waals surface area contributed by atoms with Crippen LogP contribution in [0.3, 0.4) is 0 Å². The van der Waals surface area contributed by atoms with Crippen LogP contribution in [0.25, 0.3) is 0 Å². The molecule has 4 aromatic carbocycles. The van der Waals surface area contributed by atoms with E-state index in [0.29, 0.717) is 5.56 Å². The first-order valence-electron chi connectivity index (χ1n) is 12.8. The summed E-state index contributed by atoms with van der Waals surface area (Å²) in [6.45, 7) is 0. The van der Waals surface area contributed by atoms with Crippen molar-refractivity contribution in [2.24, 2.45) is 5.41 Å². The fraction of sp³-hybridized carbons (Fsp3) is 0.125. The normalized spacial score (nSPS) is 22.6. The molecule has 2 spiro atoms. The molecule has 3 atom stereocenters. The Balaban J connectivity index is 1.57. The van der Waals surface area contributed by atoms with E-state index in [-0.39, 0.29) is 33.5 Å². The lowest BCUT2D eigenvalue weighted by molar-refractivity contribution is -0.991. The van der Waals surface area contributed by atoms with Gasteiger partial charge in [-0.25, -0.2) is 5.21 Å². The van der Waals surface area contributed by atoms with Crippen molar-refractivity contribution in [2.75, 3.05) is 0 Å². The van der Waals surface area contributed by atoms with Gasteiger partial charge in [-0.15, -0.1) is 0 Å². The summed E-state index contributed by atoms with van der Waals surface area (Å²) in [5.41, 5.74) is -2.80. The molecule has 196 valence electrons. The summed E-state index contributed by atoms with van der Waals surface area (Å²) in [7, 11) is 0. The highest BCUT2D eigenvalue weighted by molar-refractivity contribution is 6.37. The molecule has 1 fully saturated rings. The highest BCUT2D eigenvalue weighted by Gasteiger charge is 2.79. The Labute approximate surface area is 228 Å². The van der Waals surface area contributed by atoms with Crippen molar-refractivity contribution < 1.29 is 34.3 Å². The van der Waals surface area contributed by atoms with Crippen LogP contribution in [0.1, 0.15) is 64.6 Å². The number of carbonyl (C=O) groups excluding carboxylic acids is 4. The lowest BCUT2D eigenvalue weighted by Gasteiger charge is -2.34. The van der Waals surface area contributed by atoms with E-state index < -0.39 is 51.4 Å². The maximum atomic E-state index is 14.6. The quantitative estimate of drug-likeness (QED) is 0.304. The SMILES string of the molecule is O=C1c2ccccc2C(=O)C12O[C@@H](c1ccccc1)C1(C(=O)c3ccccc3C1=O)[C@H]2c1ccc([NH+]([O-])O)cc1. The van der Waals surface area contributed by atoms with Crippen LogP contribution in [0.2, 0.25) is 0 Å². The molecule has 8 nitrogen and oxygen atoms in total. The zero-order valence-electron chi connectivity index (χ0n) is 20.9. The van der Waals surface area contributed by atoms with Gasteiger partial charge in [0, 0.05) is 34.4 Å². The van der Waals surface area contributed by atoms with E-state index in [1.54, 1.807) is 66.7 Å². The number of benzene rings is 4. The number of nitrogens with one attached hydrogen (secondary N) is 1. The van der Waals surface area contributed by atoms with Gasteiger partial charge in [0.2, 0.25) is 17.2 Å². The van der Waals surface area contributed by atoms with Crippen LogP contribution in [0.4, 0.5) is 5.69 Å². The van der Waals surface area contributed by atoms with E-state index in [1.807, 2.05) is 0 Å². The topological polar surface area (TPSA) is 125 Å². The van der Waals surface area contributed by atoms with E-state index in [4.69, 9.17) is 4.74 Å². The van der Waals surface area contributed by atoms with Gasteiger partial charge in [0.05, 0.1) is 5.92 Å². The molecule has 4 aromatic rings. The van der Waals surface area contributed by atoms with Crippen molar-refractivity contribution in [1.29, 1.82) is 0 Å². The second-order valence-electron chi connectivity index (χ2n) is 10.3. The van der Waals surface area contributed by atoms with Crippen molar-refractivity contribution in [2.45, 2.75) is 17.6 Å². The Bertz CT molecular complexity index is 1670.